The molecule has 6 nitrogen and oxygen atoms in total. The number of aliphatic hydroxyl groups is 1. The third kappa shape index (κ3) is 9.85. The van der Waals surface area contributed by atoms with E-state index in [1.54, 1.807) is 13.8 Å². The maximum absolute atomic E-state index is 10.1. The SMILES string of the molecule is Cc1ccccc1OCCOCCOCCOCC(C)OC(C)(C)C(C)(C)O. The number of ether oxygens (including phenoxy) is 5. The van der Waals surface area contributed by atoms with Crippen LogP contribution in [-0.4, -0.2) is 68.7 Å². The molecule has 0 aliphatic carbocycles. The van der Waals surface area contributed by atoms with Crippen molar-refractivity contribution in [2.45, 2.75) is 58.8 Å². The minimum atomic E-state index is -0.921. The molecule has 0 heterocycles. The fraction of sp³-hybridized carbons (Fsp3) is 0.727. The average molecular weight is 399 g/mol. The van der Waals surface area contributed by atoms with Gasteiger partial charge >= 0.3 is 0 Å². The second kappa shape index (κ2) is 12.4. The van der Waals surface area contributed by atoms with Gasteiger partial charge in [-0.05, 0) is 53.2 Å². The molecule has 0 radical (unpaired) electrons. The zero-order valence-corrected chi connectivity index (χ0v) is 18.3. The normalized spacial score (nSPS) is 13.5. The highest BCUT2D eigenvalue weighted by Crippen LogP contribution is 2.26. The zero-order chi connectivity index (χ0) is 21.0. The van der Waals surface area contributed by atoms with Crippen LogP contribution in [0.1, 0.15) is 40.2 Å². The van der Waals surface area contributed by atoms with E-state index in [1.165, 1.54) is 0 Å². The quantitative estimate of drug-likeness (QED) is 0.457. The van der Waals surface area contributed by atoms with Crippen molar-refractivity contribution in [2.24, 2.45) is 0 Å². The monoisotopic (exact) mass is 398 g/mol. The Kier molecular flexibility index (Phi) is 11.0. The van der Waals surface area contributed by atoms with Crippen LogP contribution in [0.3, 0.4) is 0 Å². The molecule has 0 saturated carbocycles. The Morgan fingerprint density at radius 3 is 1.96 bits per heavy atom. The molecule has 1 rings (SSSR count). The van der Waals surface area contributed by atoms with E-state index in [4.69, 9.17) is 23.7 Å². The molecule has 0 spiro atoms. The molecule has 1 atom stereocenters. The third-order valence-corrected chi connectivity index (χ3v) is 4.64. The highest BCUT2D eigenvalue weighted by atomic mass is 16.6. The fourth-order valence-corrected chi connectivity index (χ4v) is 2.30. The van der Waals surface area contributed by atoms with Crippen LogP contribution < -0.4 is 4.74 Å². The van der Waals surface area contributed by atoms with Gasteiger partial charge in [0.25, 0.3) is 0 Å². The van der Waals surface area contributed by atoms with Gasteiger partial charge in [-0.15, -0.1) is 0 Å². The molecule has 1 aromatic rings. The number of hydrogen-bond acceptors (Lipinski definition) is 6. The maximum atomic E-state index is 10.1. The van der Waals surface area contributed by atoms with Crippen molar-refractivity contribution < 1.29 is 28.8 Å². The molecule has 0 fully saturated rings. The van der Waals surface area contributed by atoms with Crippen LogP contribution >= 0.6 is 0 Å². The number of hydrogen-bond donors (Lipinski definition) is 1. The van der Waals surface area contributed by atoms with Crippen LogP contribution in [-0.2, 0) is 18.9 Å². The molecule has 6 heteroatoms. The molecule has 162 valence electrons. The van der Waals surface area contributed by atoms with E-state index in [2.05, 4.69) is 0 Å². The van der Waals surface area contributed by atoms with Crippen LogP contribution in [0, 0.1) is 6.92 Å². The Morgan fingerprint density at radius 2 is 1.39 bits per heavy atom. The molecule has 0 aliphatic rings. The number of rotatable bonds is 15. The van der Waals surface area contributed by atoms with Gasteiger partial charge in [-0.1, -0.05) is 18.2 Å². The zero-order valence-electron chi connectivity index (χ0n) is 18.3. The molecule has 1 unspecified atom stereocenters. The Bertz CT molecular complexity index is 538. The second-order valence-electron chi connectivity index (χ2n) is 7.91. The van der Waals surface area contributed by atoms with Crippen molar-refractivity contribution in [3.63, 3.8) is 0 Å². The van der Waals surface area contributed by atoms with E-state index in [0.29, 0.717) is 46.2 Å². The third-order valence-electron chi connectivity index (χ3n) is 4.64. The number of aryl methyl sites for hydroxylation is 1. The van der Waals surface area contributed by atoms with E-state index < -0.39 is 11.2 Å². The molecule has 0 saturated heterocycles. The second-order valence-corrected chi connectivity index (χ2v) is 7.91. The van der Waals surface area contributed by atoms with Gasteiger partial charge in [0, 0.05) is 0 Å². The predicted molar refractivity (Wildman–Crippen MR) is 110 cm³/mol. The molecule has 0 aliphatic heterocycles. The Hall–Kier alpha value is -1.18. The van der Waals surface area contributed by atoms with E-state index in [9.17, 15) is 5.11 Å². The first-order valence-electron chi connectivity index (χ1n) is 9.95. The van der Waals surface area contributed by atoms with Gasteiger partial charge in [-0.3, -0.25) is 0 Å². The molecule has 0 amide bonds. The molecule has 28 heavy (non-hydrogen) atoms. The average Bonchev–Trinajstić information content (AvgIpc) is 2.59. The molecule has 0 bridgehead atoms. The number of para-hydroxylation sites is 1. The lowest BCUT2D eigenvalue weighted by Gasteiger charge is -2.39. The highest BCUT2D eigenvalue weighted by Gasteiger charge is 2.37. The summed E-state index contributed by atoms with van der Waals surface area (Å²) in [4.78, 5) is 0. The molecule has 1 N–H and O–H groups in total. The first kappa shape index (κ1) is 24.9. The van der Waals surface area contributed by atoms with Crippen LogP contribution in [0.2, 0.25) is 0 Å². The summed E-state index contributed by atoms with van der Waals surface area (Å²) in [6, 6.07) is 7.92. The van der Waals surface area contributed by atoms with E-state index >= 15 is 0 Å². The van der Waals surface area contributed by atoms with Gasteiger partial charge in [0.05, 0.1) is 56.9 Å². The molecule has 0 aromatic heterocycles. The van der Waals surface area contributed by atoms with Crippen molar-refractivity contribution in [3.8, 4) is 5.75 Å². The first-order valence-corrected chi connectivity index (χ1v) is 9.95. The maximum Gasteiger partial charge on any atom is 0.122 e. The highest BCUT2D eigenvalue weighted by molar-refractivity contribution is 5.31. The summed E-state index contributed by atoms with van der Waals surface area (Å²) in [6.07, 6.45) is -0.113. The first-order chi connectivity index (χ1) is 13.1. The Labute approximate surface area is 170 Å². The van der Waals surface area contributed by atoms with Gasteiger partial charge in [-0.25, -0.2) is 0 Å². The van der Waals surface area contributed by atoms with Gasteiger partial charge < -0.3 is 28.8 Å². The standard InChI is InChI=1S/C22H38O6/c1-18-9-7-8-10-20(18)27-16-15-25-12-11-24-13-14-26-17-19(2)28-22(5,6)21(3,4)23/h7-10,19,23H,11-17H2,1-6H3. The molecular formula is C22H38O6. The lowest BCUT2D eigenvalue weighted by Crippen LogP contribution is -2.49. The fourth-order valence-electron chi connectivity index (χ4n) is 2.30. The van der Waals surface area contributed by atoms with E-state index in [-0.39, 0.29) is 6.10 Å². The lowest BCUT2D eigenvalue weighted by molar-refractivity contribution is -0.181. The van der Waals surface area contributed by atoms with Crippen molar-refractivity contribution in [3.05, 3.63) is 29.8 Å². The Balaban J connectivity index is 1.94. The Morgan fingerprint density at radius 1 is 0.857 bits per heavy atom. The smallest absolute Gasteiger partial charge is 0.122 e. The lowest BCUT2D eigenvalue weighted by atomic mass is 9.89. The van der Waals surface area contributed by atoms with Crippen molar-refractivity contribution in [1.82, 2.24) is 0 Å². The number of benzene rings is 1. The van der Waals surface area contributed by atoms with Gasteiger partial charge in [0.1, 0.15) is 12.4 Å². The van der Waals surface area contributed by atoms with Crippen LogP contribution in [0.25, 0.3) is 0 Å². The summed E-state index contributed by atoms with van der Waals surface area (Å²) in [5, 5.41) is 10.1. The minimum absolute atomic E-state index is 0.113. The predicted octanol–water partition coefficient (Wildman–Crippen LogP) is 3.38. The largest absolute Gasteiger partial charge is 0.491 e. The summed E-state index contributed by atoms with van der Waals surface area (Å²) in [5.41, 5.74) is -0.448. The van der Waals surface area contributed by atoms with Crippen LogP contribution in [0.5, 0.6) is 5.75 Å². The van der Waals surface area contributed by atoms with E-state index in [0.717, 1.165) is 11.3 Å². The van der Waals surface area contributed by atoms with Crippen molar-refractivity contribution in [1.29, 1.82) is 0 Å². The van der Waals surface area contributed by atoms with Crippen LogP contribution in [0.4, 0.5) is 0 Å². The minimum Gasteiger partial charge on any atom is -0.491 e. The van der Waals surface area contributed by atoms with Gasteiger partial charge in [0.2, 0.25) is 0 Å². The molecular weight excluding hydrogens is 360 g/mol. The summed E-state index contributed by atoms with van der Waals surface area (Å²) < 4.78 is 28.1. The van der Waals surface area contributed by atoms with E-state index in [1.807, 2.05) is 52.0 Å². The van der Waals surface area contributed by atoms with Crippen molar-refractivity contribution >= 4 is 0 Å². The summed E-state index contributed by atoms with van der Waals surface area (Å²) >= 11 is 0. The summed E-state index contributed by atoms with van der Waals surface area (Å²) in [6.45, 7) is 14.7. The van der Waals surface area contributed by atoms with Gasteiger partial charge in [0.15, 0.2) is 0 Å². The summed E-state index contributed by atoms with van der Waals surface area (Å²) in [5.74, 6) is 0.892. The summed E-state index contributed by atoms with van der Waals surface area (Å²) in [7, 11) is 0. The van der Waals surface area contributed by atoms with Crippen LogP contribution in [0.15, 0.2) is 24.3 Å². The molecule has 1 aromatic carbocycles. The van der Waals surface area contributed by atoms with Crippen molar-refractivity contribution in [2.75, 3.05) is 46.2 Å². The topological polar surface area (TPSA) is 66.4 Å². The van der Waals surface area contributed by atoms with Gasteiger partial charge in [-0.2, -0.15) is 0 Å².